The van der Waals surface area contributed by atoms with E-state index in [9.17, 15) is 4.79 Å². The zero-order valence-electron chi connectivity index (χ0n) is 16.5. The Bertz CT molecular complexity index is 630. The highest BCUT2D eigenvalue weighted by Crippen LogP contribution is 2.33. The third kappa shape index (κ3) is 4.53. The zero-order chi connectivity index (χ0) is 18.6. The molecule has 1 aliphatic carbocycles. The van der Waals surface area contributed by atoms with Crippen LogP contribution in [0.5, 0.6) is 0 Å². The number of aryl methyl sites for hydroxylation is 1. The second-order valence-corrected chi connectivity index (χ2v) is 8.43. The van der Waals surface area contributed by atoms with Gasteiger partial charge in [-0.2, -0.15) is 0 Å². The van der Waals surface area contributed by atoms with Gasteiger partial charge in [-0.25, -0.2) is 0 Å². The number of morpholine rings is 1. The molecule has 27 heavy (non-hydrogen) atoms. The lowest BCUT2D eigenvalue weighted by Gasteiger charge is -2.35. The van der Waals surface area contributed by atoms with Crippen molar-refractivity contribution >= 4 is 5.91 Å². The van der Waals surface area contributed by atoms with Gasteiger partial charge in [-0.05, 0) is 37.7 Å². The average molecular weight is 372 g/mol. The predicted molar refractivity (Wildman–Crippen MR) is 107 cm³/mol. The molecule has 2 N–H and O–H groups in total. The fourth-order valence-electron chi connectivity index (χ4n) is 5.07. The summed E-state index contributed by atoms with van der Waals surface area (Å²) in [6.07, 6.45) is 6.14. The number of nitrogens with zero attached hydrogens (tertiary/aromatic N) is 1. The van der Waals surface area contributed by atoms with Crippen molar-refractivity contribution in [3.8, 4) is 0 Å². The van der Waals surface area contributed by atoms with Crippen LogP contribution in [0.15, 0.2) is 24.3 Å². The topological polar surface area (TPSA) is 53.6 Å². The van der Waals surface area contributed by atoms with Gasteiger partial charge in [-0.1, -0.05) is 42.7 Å². The fourth-order valence-corrected chi connectivity index (χ4v) is 5.07. The molecular formula is C22H33N3O2. The van der Waals surface area contributed by atoms with Crippen molar-refractivity contribution < 1.29 is 9.53 Å². The zero-order valence-corrected chi connectivity index (χ0v) is 16.5. The van der Waals surface area contributed by atoms with Gasteiger partial charge < -0.3 is 15.4 Å². The van der Waals surface area contributed by atoms with Gasteiger partial charge in [-0.15, -0.1) is 0 Å². The molecule has 4 unspecified atom stereocenters. The van der Waals surface area contributed by atoms with Gasteiger partial charge in [0.15, 0.2) is 0 Å². The first-order valence-corrected chi connectivity index (χ1v) is 10.6. The quantitative estimate of drug-likeness (QED) is 0.835. The summed E-state index contributed by atoms with van der Waals surface area (Å²) in [5, 5.41) is 6.86. The molecule has 2 saturated heterocycles. The maximum absolute atomic E-state index is 12.9. The third-order valence-electron chi connectivity index (χ3n) is 6.56. The minimum atomic E-state index is -0.0130. The molecule has 3 aliphatic rings. The molecule has 2 aliphatic heterocycles. The minimum Gasteiger partial charge on any atom is -0.379 e. The van der Waals surface area contributed by atoms with Crippen LogP contribution < -0.4 is 10.6 Å². The van der Waals surface area contributed by atoms with Crippen molar-refractivity contribution in [2.75, 3.05) is 32.8 Å². The smallest absolute Gasteiger partial charge is 0.237 e. The molecule has 3 fully saturated rings. The summed E-state index contributed by atoms with van der Waals surface area (Å²) in [6.45, 7) is 6.16. The second-order valence-electron chi connectivity index (χ2n) is 8.43. The van der Waals surface area contributed by atoms with Crippen molar-refractivity contribution in [2.45, 2.75) is 57.2 Å². The van der Waals surface area contributed by atoms with E-state index >= 15 is 0 Å². The largest absolute Gasteiger partial charge is 0.379 e. The van der Waals surface area contributed by atoms with Crippen LogP contribution in [0.25, 0.3) is 0 Å². The predicted octanol–water partition coefficient (Wildman–Crippen LogP) is 2.41. The summed E-state index contributed by atoms with van der Waals surface area (Å²) in [5.41, 5.74) is 2.55. The van der Waals surface area contributed by atoms with Crippen LogP contribution in [0.2, 0.25) is 0 Å². The number of nitrogens with one attached hydrogen (secondary N) is 2. The van der Waals surface area contributed by atoms with E-state index in [1.807, 2.05) is 0 Å². The SMILES string of the molecule is Cc1cccc(C(CNC(=O)C2CC3CCCCC3N2)N2CCOCC2)c1. The average Bonchev–Trinajstić information content (AvgIpc) is 3.13. The Kier molecular flexibility index (Phi) is 6.11. The van der Waals surface area contributed by atoms with Crippen LogP contribution in [0.4, 0.5) is 0 Å². The van der Waals surface area contributed by atoms with E-state index in [0.717, 1.165) is 32.7 Å². The van der Waals surface area contributed by atoms with Gasteiger partial charge in [-0.3, -0.25) is 9.69 Å². The lowest BCUT2D eigenvalue weighted by Crippen LogP contribution is -2.47. The van der Waals surface area contributed by atoms with Crippen molar-refractivity contribution in [1.82, 2.24) is 15.5 Å². The number of hydrogen-bond acceptors (Lipinski definition) is 4. The summed E-state index contributed by atoms with van der Waals surface area (Å²) in [6, 6.07) is 9.42. The van der Waals surface area contributed by atoms with Gasteiger partial charge in [0.25, 0.3) is 0 Å². The number of fused-ring (bicyclic) bond motifs is 1. The van der Waals surface area contributed by atoms with Crippen molar-refractivity contribution in [1.29, 1.82) is 0 Å². The number of rotatable bonds is 5. The standard InChI is InChI=1S/C22H33N3O2/c1-16-5-4-7-18(13-16)21(25-9-11-27-12-10-25)15-23-22(26)20-14-17-6-2-3-8-19(17)24-20/h4-5,7,13,17,19-21,24H,2-3,6,8-12,14-15H2,1H3,(H,23,26). The number of carbonyl (C=O) groups is 1. The molecule has 0 spiro atoms. The van der Waals surface area contributed by atoms with Crippen molar-refractivity contribution in [3.63, 3.8) is 0 Å². The van der Waals surface area contributed by atoms with E-state index in [4.69, 9.17) is 4.74 Å². The van der Waals surface area contributed by atoms with Crippen LogP contribution in [0, 0.1) is 12.8 Å². The third-order valence-corrected chi connectivity index (χ3v) is 6.56. The fraction of sp³-hybridized carbons (Fsp3) is 0.682. The van der Waals surface area contributed by atoms with Gasteiger partial charge in [0, 0.05) is 25.7 Å². The lowest BCUT2D eigenvalue weighted by atomic mass is 9.85. The first-order chi connectivity index (χ1) is 13.2. The maximum Gasteiger partial charge on any atom is 0.237 e. The van der Waals surface area contributed by atoms with Crippen LogP contribution in [-0.2, 0) is 9.53 Å². The number of benzene rings is 1. The number of amides is 1. The molecule has 1 saturated carbocycles. The normalized spacial score (nSPS) is 29.9. The molecule has 2 heterocycles. The molecule has 1 aromatic rings. The lowest BCUT2D eigenvalue weighted by molar-refractivity contribution is -0.123. The van der Waals surface area contributed by atoms with E-state index in [2.05, 4.69) is 46.7 Å². The molecular weight excluding hydrogens is 338 g/mol. The molecule has 0 bridgehead atoms. The van der Waals surface area contributed by atoms with E-state index in [1.54, 1.807) is 0 Å². The van der Waals surface area contributed by atoms with Gasteiger partial charge in [0.05, 0.1) is 25.3 Å². The Balaban J connectivity index is 1.40. The highest BCUT2D eigenvalue weighted by atomic mass is 16.5. The second kappa shape index (κ2) is 8.72. The highest BCUT2D eigenvalue weighted by molar-refractivity contribution is 5.82. The van der Waals surface area contributed by atoms with Crippen molar-refractivity contribution in [2.24, 2.45) is 5.92 Å². The van der Waals surface area contributed by atoms with Gasteiger partial charge >= 0.3 is 0 Å². The Morgan fingerprint density at radius 2 is 2.11 bits per heavy atom. The monoisotopic (exact) mass is 371 g/mol. The Morgan fingerprint density at radius 1 is 1.30 bits per heavy atom. The number of carbonyl (C=O) groups excluding carboxylic acids is 1. The minimum absolute atomic E-state index is 0.0130. The van der Waals surface area contributed by atoms with Gasteiger partial charge in [0.1, 0.15) is 0 Å². The molecule has 4 atom stereocenters. The van der Waals surface area contributed by atoms with Gasteiger partial charge in [0.2, 0.25) is 5.91 Å². The van der Waals surface area contributed by atoms with Crippen LogP contribution >= 0.6 is 0 Å². The molecule has 4 rings (SSSR count). The first-order valence-electron chi connectivity index (χ1n) is 10.6. The Hall–Kier alpha value is -1.43. The van der Waals surface area contributed by atoms with E-state index in [-0.39, 0.29) is 18.0 Å². The highest BCUT2D eigenvalue weighted by Gasteiger charge is 2.38. The van der Waals surface area contributed by atoms with Crippen LogP contribution in [0.3, 0.4) is 0 Å². The Morgan fingerprint density at radius 3 is 2.89 bits per heavy atom. The number of hydrogen-bond donors (Lipinski definition) is 2. The van der Waals surface area contributed by atoms with E-state index < -0.39 is 0 Å². The molecule has 148 valence electrons. The summed E-state index contributed by atoms with van der Waals surface area (Å²) in [4.78, 5) is 15.3. The first kappa shape index (κ1) is 18.9. The van der Waals surface area contributed by atoms with E-state index in [1.165, 1.54) is 36.8 Å². The van der Waals surface area contributed by atoms with E-state index in [0.29, 0.717) is 18.5 Å². The number of ether oxygens (including phenoxy) is 1. The summed E-state index contributed by atoms with van der Waals surface area (Å²) < 4.78 is 5.53. The maximum atomic E-state index is 12.9. The Labute approximate surface area is 162 Å². The molecule has 5 nitrogen and oxygen atoms in total. The molecule has 1 aromatic carbocycles. The van der Waals surface area contributed by atoms with Crippen LogP contribution in [0.1, 0.15) is 49.3 Å². The molecule has 5 heteroatoms. The van der Waals surface area contributed by atoms with Crippen molar-refractivity contribution in [3.05, 3.63) is 35.4 Å². The van der Waals surface area contributed by atoms with Crippen LogP contribution in [-0.4, -0.2) is 55.7 Å². The molecule has 1 amide bonds. The molecule has 0 radical (unpaired) electrons. The summed E-state index contributed by atoms with van der Waals surface area (Å²) in [5.74, 6) is 0.872. The summed E-state index contributed by atoms with van der Waals surface area (Å²) in [7, 11) is 0. The summed E-state index contributed by atoms with van der Waals surface area (Å²) >= 11 is 0. The molecule has 0 aromatic heterocycles.